The largest absolute Gasteiger partial charge is 0.308 e. The molecule has 0 radical (unpaired) electrons. The second-order valence-corrected chi connectivity index (χ2v) is 23.0. The predicted molar refractivity (Wildman–Crippen MR) is 382 cm³/mol. The highest BCUT2D eigenvalue weighted by Crippen LogP contribution is 2.46. The molecule has 0 saturated heterocycles. The van der Waals surface area contributed by atoms with Crippen molar-refractivity contribution in [2.75, 3.05) is 0 Å². The highest BCUT2D eigenvalue weighted by atomic mass is 15.1. The lowest BCUT2D eigenvalue weighted by molar-refractivity contribution is 1.06. The molecule has 0 N–H and O–H groups in total. The number of benzene rings is 12. The summed E-state index contributed by atoms with van der Waals surface area (Å²) in [6.45, 7) is 39.9. The molecule has 0 unspecified atom stereocenters. The van der Waals surface area contributed by atoms with Gasteiger partial charge in [0.1, 0.15) is 6.07 Å². The van der Waals surface area contributed by atoms with Crippen molar-refractivity contribution in [3.05, 3.63) is 322 Å². The van der Waals surface area contributed by atoms with Crippen LogP contribution in [0.1, 0.15) is 22.3 Å². The van der Waals surface area contributed by atoms with Gasteiger partial charge in [-0.3, -0.25) is 0 Å². The summed E-state index contributed by atoms with van der Waals surface area (Å²) in [6, 6.07) is 84.5. The SMILES string of the molecule is [C-]#[N+]c1ccc(-c2ccc3c(c2)c2cc(-c4ccc([N+]#[C-])cc4[N+]#[C-])ccc2n3-c2cc(-c3cccc(-n4c5ccc(-c6ccc(C#N)cc6[N+]#[C-])cc5c5cc(-c6ccc(C#N)cc6[N+]#[C-])ccc54)c3C#N)ccc2-c2nc(-c3ccccc3)nc(-c3ccccc3)n2)c(C#N)c1. The fraction of sp³-hybridized carbons (Fsp3) is 0. The van der Waals surface area contributed by atoms with E-state index >= 15 is 0 Å². The Morgan fingerprint density at radius 1 is 0.286 bits per heavy atom. The second kappa shape index (κ2) is 24.4. The summed E-state index contributed by atoms with van der Waals surface area (Å²) in [7, 11) is 0. The average molecular weight is 1250 g/mol. The van der Waals surface area contributed by atoms with Gasteiger partial charge in [0.2, 0.25) is 0 Å². The highest BCUT2D eigenvalue weighted by Gasteiger charge is 2.26. The van der Waals surface area contributed by atoms with Crippen LogP contribution in [0.5, 0.6) is 0 Å². The molecule has 0 fully saturated rings. The van der Waals surface area contributed by atoms with E-state index in [1.165, 1.54) is 0 Å². The lowest BCUT2D eigenvalue weighted by atomic mass is 9.96. The smallest absolute Gasteiger partial charge is 0.196 e. The molecule has 12 aromatic carbocycles. The molecular formula is C84H40N14. The second-order valence-electron chi connectivity index (χ2n) is 23.0. The topological polar surface area (TPSA) is 165 Å². The number of nitrogens with zero attached hydrogens (tertiary/aromatic N) is 14. The minimum absolute atomic E-state index is 0.313. The monoisotopic (exact) mass is 1240 g/mol. The molecule has 0 saturated carbocycles. The fourth-order valence-corrected chi connectivity index (χ4v) is 13.1. The van der Waals surface area contributed by atoms with Crippen LogP contribution in [0.4, 0.5) is 28.4 Å². The Morgan fingerprint density at radius 2 is 0.694 bits per heavy atom. The van der Waals surface area contributed by atoms with Crippen molar-refractivity contribution in [3.8, 4) is 125 Å². The van der Waals surface area contributed by atoms with Crippen molar-refractivity contribution in [3.63, 3.8) is 0 Å². The third-order valence-corrected chi connectivity index (χ3v) is 17.6. The van der Waals surface area contributed by atoms with Crippen molar-refractivity contribution in [2.24, 2.45) is 0 Å². The third kappa shape index (κ3) is 10.1. The summed E-state index contributed by atoms with van der Waals surface area (Å²) in [6.07, 6.45) is 0. The van der Waals surface area contributed by atoms with Crippen LogP contribution in [0, 0.1) is 78.2 Å². The van der Waals surface area contributed by atoms with Crippen LogP contribution in [0.25, 0.3) is 169 Å². The Hall–Kier alpha value is -15.3. The van der Waals surface area contributed by atoms with Gasteiger partial charge in [0.25, 0.3) is 0 Å². The van der Waals surface area contributed by atoms with E-state index in [2.05, 4.69) is 57.6 Å². The Bertz CT molecular complexity index is 6050. The first-order valence-electron chi connectivity index (χ1n) is 30.5. The van der Waals surface area contributed by atoms with E-state index in [0.717, 1.165) is 77.0 Å². The van der Waals surface area contributed by atoms with Crippen LogP contribution in [0.3, 0.4) is 0 Å². The van der Waals surface area contributed by atoms with Gasteiger partial charge in [0.05, 0.1) is 90.1 Å². The molecule has 3 heterocycles. The molecular weight excluding hydrogens is 1210 g/mol. The molecule has 446 valence electrons. The summed E-state index contributed by atoms with van der Waals surface area (Å²) in [5.74, 6) is 1.24. The maximum Gasteiger partial charge on any atom is 0.196 e. The normalized spacial score (nSPS) is 10.8. The number of fused-ring (bicyclic) bond motifs is 6. The van der Waals surface area contributed by atoms with Crippen molar-refractivity contribution in [1.82, 2.24) is 24.1 Å². The zero-order valence-corrected chi connectivity index (χ0v) is 51.4. The zero-order chi connectivity index (χ0) is 67.1. The standard InChI is InChI=1S/C84H40N14/c1-89-60-26-31-62(59(39-60)48-87)54-22-33-79-68(40-54)71-43-57(66-32-27-61(90-2)45-75(66)93-5)25-36-80(71)98(79)81-44-58(21-30-67(81)84-95-82(52-13-8-6-9-14-52)94-83(96-84)53-15-10-7-11-16-53)63-17-12-18-76(72(63)49-88)97-77-34-23-55(64-28-19-50(46-85)37-73(64)91-3)41-69(77)70-42-56(24-35-78(70)97)65-29-20-51(47-86)38-74(65)92-4/h6-45H. The summed E-state index contributed by atoms with van der Waals surface area (Å²) >= 11 is 0. The Balaban J connectivity index is 1.00. The van der Waals surface area contributed by atoms with Gasteiger partial charge in [-0.1, -0.05) is 146 Å². The summed E-state index contributed by atoms with van der Waals surface area (Å²) < 4.78 is 4.21. The van der Waals surface area contributed by atoms with Crippen LogP contribution in [-0.2, 0) is 0 Å². The van der Waals surface area contributed by atoms with Gasteiger partial charge in [0.15, 0.2) is 45.9 Å². The molecule has 0 atom stereocenters. The molecule has 15 aromatic rings. The molecule has 15 rings (SSSR count). The Kier molecular flexibility index (Phi) is 14.7. The molecule has 0 amide bonds. The lowest BCUT2D eigenvalue weighted by Crippen LogP contribution is -2.04. The van der Waals surface area contributed by atoms with Crippen molar-refractivity contribution in [1.29, 1.82) is 21.0 Å². The van der Waals surface area contributed by atoms with Crippen LogP contribution in [0.2, 0.25) is 0 Å². The number of nitriles is 4. The van der Waals surface area contributed by atoms with E-state index in [1.54, 1.807) is 72.8 Å². The van der Waals surface area contributed by atoms with Gasteiger partial charge in [-0.15, -0.1) is 0 Å². The Morgan fingerprint density at radius 3 is 1.15 bits per heavy atom. The van der Waals surface area contributed by atoms with E-state index in [-0.39, 0.29) is 0 Å². The number of hydrogen-bond acceptors (Lipinski definition) is 7. The summed E-state index contributed by atoms with van der Waals surface area (Å²) in [4.78, 5) is 34.4. The van der Waals surface area contributed by atoms with E-state index in [0.29, 0.717) is 118 Å². The van der Waals surface area contributed by atoms with Crippen molar-refractivity contribution in [2.45, 2.75) is 0 Å². The third-order valence-electron chi connectivity index (χ3n) is 17.6. The van der Waals surface area contributed by atoms with Crippen LogP contribution >= 0.6 is 0 Å². The predicted octanol–water partition coefficient (Wildman–Crippen LogP) is 21.6. The molecule has 0 spiro atoms. The molecule has 14 nitrogen and oxygen atoms in total. The first-order chi connectivity index (χ1) is 48.1. The number of hydrogen-bond donors (Lipinski definition) is 0. The van der Waals surface area contributed by atoms with Gasteiger partial charge in [-0.2, -0.15) is 21.0 Å². The average Bonchev–Trinajstić information content (AvgIpc) is 1.56. The fourth-order valence-electron chi connectivity index (χ4n) is 13.1. The number of rotatable bonds is 10. The lowest BCUT2D eigenvalue weighted by Gasteiger charge is -2.18. The molecule has 0 aliphatic heterocycles. The molecule has 0 bridgehead atoms. The van der Waals surface area contributed by atoms with E-state index in [4.69, 9.17) is 47.8 Å². The van der Waals surface area contributed by atoms with Gasteiger partial charge >= 0.3 is 0 Å². The maximum absolute atomic E-state index is 11.8. The van der Waals surface area contributed by atoms with E-state index in [9.17, 15) is 21.0 Å². The van der Waals surface area contributed by atoms with E-state index < -0.39 is 0 Å². The van der Waals surface area contributed by atoms with Crippen LogP contribution in [-0.4, -0.2) is 24.1 Å². The van der Waals surface area contributed by atoms with Gasteiger partial charge in [-0.25, -0.2) is 39.2 Å². The number of aromatic nitrogens is 5. The minimum Gasteiger partial charge on any atom is -0.308 e. The molecule has 0 aliphatic carbocycles. The van der Waals surface area contributed by atoms with Crippen molar-refractivity contribution < 1.29 is 0 Å². The van der Waals surface area contributed by atoms with Gasteiger partial charge < -0.3 is 9.13 Å². The molecule has 3 aromatic heterocycles. The maximum atomic E-state index is 11.8. The van der Waals surface area contributed by atoms with Crippen LogP contribution < -0.4 is 0 Å². The Labute approximate surface area is 561 Å². The first kappa shape index (κ1) is 59.0. The minimum atomic E-state index is 0.313. The first-order valence-corrected chi connectivity index (χ1v) is 30.5. The van der Waals surface area contributed by atoms with Gasteiger partial charge in [-0.05, 0) is 147 Å². The van der Waals surface area contributed by atoms with E-state index in [1.807, 2.05) is 170 Å². The zero-order valence-electron chi connectivity index (χ0n) is 51.4. The highest BCUT2D eigenvalue weighted by molar-refractivity contribution is 6.14. The summed E-state index contributed by atoms with van der Waals surface area (Å²) in [5, 5.41) is 45.1. The quantitative estimate of drug-likeness (QED) is 0.123. The molecule has 98 heavy (non-hydrogen) atoms. The molecule has 0 aliphatic rings. The van der Waals surface area contributed by atoms with Crippen molar-refractivity contribution >= 4 is 72.0 Å². The summed E-state index contributed by atoms with van der Waals surface area (Å²) in [5.41, 5.74) is 16.0. The molecule has 14 heteroatoms. The van der Waals surface area contributed by atoms with Crippen LogP contribution in [0.15, 0.2) is 243 Å². The van der Waals surface area contributed by atoms with Gasteiger partial charge in [0, 0.05) is 60.5 Å².